The maximum absolute atomic E-state index is 11.8. The zero-order valence-electron chi connectivity index (χ0n) is 14.9. The number of carbonyl (C=O) groups is 1. The lowest BCUT2D eigenvalue weighted by molar-refractivity contribution is -0.142. The van der Waals surface area contributed by atoms with Gasteiger partial charge in [0.05, 0.1) is 13.7 Å². The molecule has 2 rings (SSSR count). The standard InChI is InChI=1S/C20H28N2O2/c1-4-15(2)19(21)13-22(14-20(23)24-3)12-17-10-7-9-16-8-5-6-11-18(16)17/h5-11,15,19H,4,12-14,21H2,1-3H3. The van der Waals surface area contributed by atoms with Crippen LogP contribution in [0.2, 0.25) is 0 Å². The first-order chi connectivity index (χ1) is 11.5. The molecule has 0 aliphatic heterocycles. The lowest BCUT2D eigenvalue weighted by Gasteiger charge is -2.28. The fourth-order valence-electron chi connectivity index (χ4n) is 2.88. The lowest BCUT2D eigenvalue weighted by Crippen LogP contribution is -2.43. The van der Waals surface area contributed by atoms with Gasteiger partial charge < -0.3 is 10.5 Å². The predicted octanol–water partition coefficient (Wildman–Crippen LogP) is 3.19. The van der Waals surface area contributed by atoms with Crippen LogP contribution in [0, 0.1) is 5.92 Å². The number of ether oxygens (including phenoxy) is 1. The number of hydrogen-bond donors (Lipinski definition) is 1. The van der Waals surface area contributed by atoms with Crippen molar-refractivity contribution in [2.45, 2.75) is 32.9 Å². The van der Waals surface area contributed by atoms with Gasteiger partial charge in [-0.15, -0.1) is 0 Å². The van der Waals surface area contributed by atoms with E-state index in [2.05, 4.69) is 49.1 Å². The van der Waals surface area contributed by atoms with Crippen LogP contribution in [0.15, 0.2) is 42.5 Å². The van der Waals surface area contributed by atoms with E-state index in [1.807, 2.05) is 12.1 Å². The molecule has 4 heteroatoms. The van der Waals surface area contributed by atoms with Gasteiger partial charge in [0.15, 0.2) is 0 Å². The first-order valence-electron chi connectivity index (χ1n) is 8.56. The number of benzene rings is 2. The van der Waals surface area contributed by atoms with Crippen LogP contribution in [0.25, 0.3) is 10.8 Å². The molecule has 4 nitrogen and oxygen atoms in total. The molecule has 2 atom stereocenters. The third-order valence-corrected chi connectivity index (χ3v) is 4.70. The molecule has 130 valence electrons. The molecule has 0 aromatic heterocycles. The number of nitrogens with two attached hydrogens (primary N) is 1. The number of methoxy groups -OCH3 is 1. The Bertz CT molecular complexity index is 666. The summed E-state index contributed by atoms with van der Waals surface area (Å²) in [6.45, 7) is 5.90. The fraction of sp³-hybridized carbons (Fsp3) is 0.450. The van der Waals surface area contributed by atoms with Crippen LogP contribution < -0.4 is 5.73 Å². The van der Waals surface area contributed by atoms with E-state index >= 15 is 0 Å². The Balaban J connectivity index is 2.21. The number of carbonyl (C=O) groups excluding carboxylic acids is 1. The van der Waals surface area contributed by atoms with E-state index in [1.165, 1.54) is 23.4 Å². The molecule has 0 saturated carbocycles. The predicted molar refractivity (Wildman–Crippen MR) is 98.7 cm³/mol. The van der Waals surface area contributed by atoms with Gasteiger partial charge in [-0.1, -0.05) is 62.7 Å². The average molecular weight is 328 g/mol. The second-order valence-electron chi connectivity index (χ2n) is 6.43. The highest BCUT2D eigenvalue weighted by atomic mass is 16.5. The molecule has 0 heterocycles. The van der Waals surface area contributed by atoms with Crippen molar-refractivity contribution >= 4 is 16.7 Å². The minimum atomic E-state index is -0.230. The van der Waals surface area contributed by atoms with Crippen LogP contribution in [0.1, 0.15) is 25.8 Å². The second-order valence-corrected chi connectivity index (χ2v) is 6.43. The molecule has 0 fully saturated rings. The number of fused-ring (bicyclic) bond motifs is 1. The summed E-state index contributed by atoms with van der Waals surface area (Å²) >= 11 is 0. The number of hydrogen-bond acceptors (Lipinski definition) is 4. The van der Waals surface area contributed by atoms with Crippen molar-refractivity contribution in [2.24, 2.45) is 11.7 Å². The van der Waals surface area contributed by atoms with Gasteiger partial charge in [-0.25, -0.2) is 0 Å². The van der Waals surface area contributed by atoms with Crippen LogP contribution >= 0.6 is 0 Å². The maximum atomic E-state index is 11.8. The second kappa shape index (κ2) is 8.81. The van der Waals surface area contributed by atoms with Gasteiger partial charge in [0.25, 0.3) is 0 Å². The first-order valence-corrected chi connectivity index (χ1v) is 8.56. The molecular formula is C20H28N2O2. The Labute approximate surface area is 144 Å². The van der Waals surface area contributed by atoms with Gasteiger partial charge in [0.1, 0.15) is 0 Å². The molecule has 0 bridgehead atoms. The summed E-state index contributed by atoms with van der Waals surface area (Å²) in [5.74, 6) is 0.184. The Morgan fingerprint density at radius 3 is 2.62 bits per heavy atom. The molecule has 2 unspecified atom stereocenters. The summed E-state index contributed by atoms with van der Waals surface area (Å²) < 4.78 is 4.85. The molecule has 0 aliphatic rings. The summed E-state index contributed by atoms with van der Waals surface area (Å²) in [5.41, 5.74) is 7.52. The minimum Gasteiger partial charge on any atom is -0.468 e. The molecule has 0 amide bonds. The zero-order chi connectivity index (χ0) is 17.5. The SMILES string of the molecule is CCC(C)C(N)CN(CC(=O)OC)Cc1cccc2ccccc12. The largest absolute Gasteiger partial charge is 0.468 e. The molecule has 0 saturated heterocycles. The van der Waals surface area contributed by atoms with Gasteiger partial charge >= 0.3 is 5.97 Å². The van der Waals surface area contributed by atoms with E-state index in [0.717, 1.165) is 6.42 Å². The average Bonchev–Trinajstić information content (AvgIpc) is 2.61. The number of esters is 1. The zero-order valence-corrected chi connectivity index (χ0v) is 14.9. The third kappa shape index (κ3) is 4.79. The third-order valence-electron chi connectivity index (χ3n) is 4.70. The molecule has 2 aromatic rings. The van der Waals surface area contributed by atoms with E-state index < -0.39 is 0 Å². The Kier molecular flexibility index (Phi) is 6.76. The molecule has 0 spiro atoms. The number of nitrogens with zero attached hydrogens (tertiary/aromatic N) is 1. The quantitative estimate of drug-likeness (QED) is 0.756. The van der Waals surface area contributed by atoms with Gasteiger partial charge in [0.2, 0.25) is 0 Å². The Morgan fingerprint density at radius 2 is 1.92 bits per heavy atom. The van der Waals surface area contributed by atoms with Crippen molar-refractivity contribution in [3.05, 3.63) is 48.0 Å². The van der Waals surface area contributed by atoms with E-state index in [-0.39, 0.29) is 18.6 Å². The van der Waals surface area contributed by atoms with E-state index in [1.54, 1.807) is 0 Å². The van der Waals surface area contributed by atoms with Crippen molar-refractivity contribution in [3.8, 4) is 0 Å². The van der Waals surface area contributed by atoms with E-state index in [0.29, 0.717) is 19.0 Å². The van der Waals surface area contributed by atoms with Crippen LogP contribution in [0.3, 0.4) is 0 Å². The fourth-order valence-corrected chi connectivity index (χ4v) is 2.88. The highest BCUT2D eigenvalue weighted by Gasteiger charge is 2.19. The van der Waals surface area contributed by atoms with Crippen molar-refractivity contribution < 1.29 is 9.53 Å². The van der Waals surface area contributed by atoms with Crippen LogP contribution in [-0.2, 0) is 16.1 Å². The molecule has 2 aromatic carbocycles. The Hall–Kier alpha value is -1.91. The maximum Gasteiger partial charge on any atom is 0.319 e. The molecule has 2 N–H and O–H groups in total. The molecule has 24 heavy (non-hydrogen) atoms. The van der Waals surface area contributed by atoms with Crippen molar-refractivity contribution in [1.29, 1.82) is 0 Å². The van der Waals surface area contributed by atoms with Gasteiger partial charge in [-0.05, 0) is 22.3 Å². The molecule has 0 radical (unpaired) electrons. The van der Waals surface area contributed by atoms with E-state index in [9.17, 15) is 4.79 Å². The van der Waals surface area contributed by atoms with Crippen LogP contribution in [-0.4, -0.2) is 37.1 Å². The monoisotopic (exact) mass is 328 g/mol. The van der Waals surface area contributed by atoms with Gasteiger partial charge in [-0.3, -0.25) is 9.69 Å². The summed E-state index contributed by atoms with van der Waals surface area (Å²) in [6, 6.07) is 14.6. The molecular weight excluding hydrogens is 300 g/mol. The van der Waals surface area contributed by atoms with Gasteiger partial charge in [0, 0.05) is 19.1 Å². The van der Waals surface area contributed by atoms with E-state index in [4.69, 9.17) is 10.5 Å². The van der Waals surface area contributed by atoms with Gasteiger partial charge in [-0.2, -0.15) is 0 Å². The van der Waals surface area contributed by atoms with Crippen LogP contribution in [0.5, 0.6) is 0 Å². The normalized spacial score (nSPS) is 13.9. The van der Waals surface area contributed by atoms with Crippen molar-refractivity contribution in [1.82, 2.24) is 4.90 Å². The summed E-state index contributed by atoms with van der Waals surface area (Å²) in [4.78, 5) is 13.9. The van der Waals surface area contributed by atoms with Crippen molar-refractivity contribution in [3.63, 3.8) is 0 Å². The number of rotatable bonds is 8. The topological polar surface area (TPSA) is 55.6 Å². The summed E-state index contributed by atoms with van der Waals surface area (Å²) in [7, 11) is 1.42. The smallest absolute Gasteiger partial charge is 0.319 e. The first kappa shape index (κ1) is 18.4. The minimum absolute atomic E-state index is 0.0367. The van der Waals surface area contributed by atoms with Crippen LogP contribution in [0.4, 0.5) is 0 Å². The Morgan fingerprint density at radius 1 is 1.21 bits per heavy atom. The molecule has 0 aliphatic carbocycles. The highest BCUT2D eigenvalue weighted by molar-refractivity contribution is 5.85. The summed E-state index contributed by atoms with van der Waals surface area (Å²) in [5, 5.41) is 2.42. The lowest BCUT2D eigenvalue weighted by atomic mass is 9.99. The summed E-state index contributed by atoms with van der Waals surface area (Å²) in [6.07, 6.45) is 1.03. The van der Waals surface area contributed by atoms with Crippen molar-refractivity contribution in [2.75, 3.05) is 20.2 Å². The highest BCUT2D eigenvalue weighted by Crippen LogP contribution is 2.20.